The first-order valence-corrected chi connectivity index (χ1v) is 10.9. The molecule has 162 valence electrons. The Morgan fingerprint density at radius 2 is 2.21 bits per heavy atom. The van der Waals surface area contributed by atoms with Crippen LogP contribution in [-0.2, 0) is 4.74 Å². The molecule has 8 heteroatoms. The number of halogens is 1. The number of nitrogens with one attached hydrogen (secondary N) is 2. The average molecular weight is 425 g/mol. The van der Waals surface area contributed by atoms with Crippen LogP contribution in [0.25, 0.3) is 0 Å². The predicted octanol–water partition coefficient (Wildman–Crippen LogP) is 2.27. The van der Waals surface area contributed by atoms with Crippen LogP contribution in [0.5, 0.6) is 5.75 Å². The third kappa shape index (κ3) is 6.94. The van der Waals surface area contributed by atoms with Crippen LogP contribution in [-0.4, -0.2) is 69.7 Å². The zero-order valence-electron chi connectivity index (χ0n) is 17.4. The Hall–Kier alpha value is -1.70. The summed E-state index contributed by atoms with van der Waals surface area (Å²) < 4.78 is 11.0. The fraction of sp³-hybridized carbons (Fsp3) is 0.667. The minimum absolute atomic E-state index is 0.250. The Kier molecular flexibility index (Phi) is 8.27. The first kappa shape index (κ1) is 22.0. The summed E-state index contributed by atoms with van der Waals surface area (Å²) in [6.45, 7) is 5.94. The standard InChI is InChI=1S/C21H33ClN4O3/c1-3-23-21(24-11-18(27)14-29-13-15-4-5-15)25-17-8-9-26(12-17)19-10-16(22)6-7-20(19)28-2/h6-7,10,15,17-18,27H,3-5,8-9,11-14H2,1-2H3,(H2,23,24,25). The number of aliphatic imine (C=N–C) groups is 1. The summed E-state index contributed by atoms with van der Waals surface area (Å²) >= 11 is 6.18. The molecule has 0 radical (unpaired) electrons. The molecule has 1 aliphatic carbocycles. The van der Waals surface area contributed by atoms with Crippen LogP contribution in [0.2, 0.25) is 5.02 Å². The van der Waals surface area contributed by atoms with Gasteiger partial charge in [0.2, 0.25) is 0 Å². The van der Waals surface area contributed by atoms with Crippen molar-refractivity contribution in [2.24, 2.45) is 10.9 Å². The van der Waals surface area contributed by atoms with Gasteiger partial charge < -0.3 is 30.1 Å². The van der Waals surface area contributed by atoms with Gasteiger partial charge in [-0.15, -0.1) is 0 Å². The molecule has 1 aliphatic heterocycles. The number of hydrogen-bond acceptors (Lipinski definition) is 5. The van der Waals surface area contributed by atoms with Gasteiger partial charge in [-0.3, -0.25) is 4.99 Å². The molecule has 3 N–H and O–H groups in total. The first-order chi connectivity index (χ1) is 14.1. The smallest absolute Gasteiger partial charge is 0.191 e. The molecule has 0 spiro atoms. The van der Waals surface area contributed by atoms with Gasteiger partial charge in [0.1, 0.15) is 5.75 Å². The summed E-state index contributed by atoms with van der Waals surface area (Å²) in [7, 11) is 1.67. The van der Waals surface area contributed by atoms with Crippen LogP contribution in [0.15, 0.2) is 23.2 Å². The van der Waals surface area contributed by atoms with Crippen LogP contribution in [0, 0.1) is 5.92 Å². The fourth-order valence-electron chi connectivity index (χ4n) is 3.43. The zero-order chi connectivity index (χ0) is 20.6. The molecule has 2 atom stereocenters. The van der Waals surface area contributed by atoms with Gasteiger partial charge in [-0.05, 0) is 50.3 Å². The Morgan fingerprint density at radius 1 is 1.38 bits per heavy atom. The number of aliphatic hydroxyl groups is 1. The van der Waals surface area contributed by atoms with E-state index in [0.29, 0.717) is 24.1 Å². The van der Waals surface area contributed by atoms with Crippen LogP contribution in [0.4, 0.5) is 5.69 Å². The summed E-state index contributed by atoms with van der Waals surface area (Å²) in [6.07, 6.45) is 2.90. The van der Waals surface area contributed by atoms with E-state index in [1.807, 2.05) is 25.1 Å². The first-order valence-electron chi connectivity index (χ1n) is 10.5. The van der Waals surface area contributed by atoms with E-state index in [1.165, 1.54) is 12.8 Å². The van der Waals surface area contributed by atoms with E-state index in [-0.39, 0.29) is 6.04 Å². The molecule has 1 saturated heterocycles. The number of aliphatic hydroxyl groups excluding tert-OH is 1. The van der Waals surface area contributed by atoms with Crippen LogP contribution < -0.4 is 20.3 Å². The quantitative estimate of drug-likeness (QED) is 0.395. The Labute approximate surface area is 178 Å². The molecule has 1 heterocycles. The van der Waals surface area contributed by atoms with Crippen molar-refractivity contribution in [2.75, 3.05) is 51.4 Å². The van der Waals surface area contributed by atoms with Crippen molar-refractivity contribution in [3.63, 3.8) is 0 Å². The molecule has 2 unspecified atom stereocenters. The van der Waals surface area contributed by atoms with Crippen molar-refractivity contribution in [3.05, 3.63) is 23.2 Å². The maximum absolute atomic E-state index is 10.1. The van der Waals surface area contributed by atoms with Gasteiger partial charge in [0, 0.05) is 37.3 Å². The topological polar surface area (TPSA) is 78.4 Å². The number of guanidine groups is 1. The van der Waals surface area contributed by atoms with Crippen molar-refractivity contribution >= 4 is 23.2 Å². The minimum Gasteiger partial charge on any atom is -0.495 e. The molecule has 2 fully saturated rings. The van der Waals surface area contributed by atoms with Gasteiger partial charge in [-0.25, -0.2) is 0 Å². The van der Waals surface area contributed by atoms with Gasteiger partial charge >= 0.3 is 0 Å². The molecule has 0 bridgehead atoms. The Balaban J connectivity index is 1.50. The largest absolute Gasteiger partial charge is 0.495 e. The van der Waals surface area contributed by atoms with Gasteiger partial charge in [-0.1, -0.05) is 11.6 Å². The molecule has 7 nitrogen and oxygen atoms in total. The van der Waals surface area contributed by atoms with Gasteiger partial charge in [0.05, 0.1) is 32.1 Å². The number of anilines is 1. The monoisotopic (exact) mass is 424 g/mol. The van der Waals surface area contributed by atoms with E-state index in [4.69, 9.17) is 21.1 Å². The number of rotatable bonds is 10. The molecular formula is C21H33ClN4O3. The van der Waals surface area contributed by atoms with E-state index in [1.54, 1.807) is 7.11 Å². The number of ether oxygens (including phenoxy) is 2. The highest BCUT2D eigenvalue weighted by Crippen LogP contribution is 2.33. The average Bonchev–Trinajstić information content (AvgIpc) is 3.42. The minimum atomic E-state index is -0.583. The van der Waals surface area contributed by atoms with E-state index in [2.05, 4.69) is 20.5 Å². The normalized spacial score (nSPS) is 20.6. The number of methoxy groups -OCH3 is 1. The van der Waals surface area contributed by atoms with E-state index in [9.17, 15) is 5.11 Å². The number of hydrogen-bond donors (Lipinski definition) is 3. The number of nitrogens with zero attached hydrogens (tertiary/aromatic N) is 2. The Bertz CT molecular complexity index is 684. The van der Waals surface area contributed by atoms with Crippen LogP contribution in [0.3, 0.4) is 0 Å². The van der Waals surface area contributed by atoms with Crippen molar-refractivity contribution in [2.45, 2.75) is 38.3 Å². The summed E-state index contributed by atoms with van der Waals surface area (Å²) in [6, 6.07) is 5.93. The molecule has 0 aromatic heterocycles. The van der Waals surface area contributed by atoms with Gasteiger partial charge in [-0.2, -0.15) is 0 Å². The fourth-order valence-corrected chi connectivity index (χ4v) is 3.59. The van der Waals surface area contributed by atoms with E-state index >= 15 is 0 Å². The van der Waals surface area contributed by atoms with Crippen LogP contribution in [0.1, 0.15) is 26.2 Å². The summed E-state index contributed by atoms with van der Waals surface area (Å²) in [5.74, 6) is 2.25. The highest BCUT2D eigenvalue weighted by Gasteiger charge is 2.26. The lowest BCUT2D eigenvalue weighted by Gasteiger charge is -2.22. The van der Waals surface area contributed by atoms with Crippen molar-refractivity contribution in [1.29, 1.82) is 0 Å². The van der Waals surface area contributed by atoms with Gasteiger partial charge in [0.25, 0.3) is 0 Å². The summed E-state index contributed by atoms with van der Waals surface area (Å²) in [5.41, 5.74) is 1.01. The summed E-state index contributed by atoms with van der Waals surface area (Å²) in [5, 5.41) is 17.5. The maximum Gasteiger partial charge on any atom is 0.191 e. The lowest BCUT2D eigenvalue weighted by molar-refractivity contribution is 0.0368. The molecule has 1 aromatic carbocycles. The zero-order valence-corrected chi connectivity index (χ0v) is 18.1. The van der Waals surface area contributed by atoms with Crippen molar-refractivity contribution in [3.8, 4) is 5.75 Å². The molecule has 3 rings (SSSR count). The second kappa shape index (κ2) is 10.9. The third-order valence-corrected chi connectivity index (χ3v) is 5.41. The summed E-state index contributed by atoms with van der Waals surface area (Å²) in [4.78, 5) is 6.81. The lowest BCUT2D eigenvalue weighted by atomic mass is 10.2. The van der Waals surface area contributed by atoms with Crippen molar-refractivity contribution in [1.82, 2.24) is 10.6 Å². The predicted molar refractivity (Wildman–Crippen MR) is 117 cm³/mol. The number of benzene rings is 1. The van der Waals surface area contributed by atoms with Gasteiger partial charge in [0.15, 0.2) is 5.96 Å². The van der Waals surface area contributed by atoms with Crippen LogP contribution >= 0.6 is 11.6 Å². The molecular weight excluding hydrogens is 392 g/mol. The highest BCUT2D eigenvalue weighted by molar-refractivity contribution is 6.30. The second-order valence-electron chi connectivity index (χ2n) is 7.75. The SMILES string of the molecule is CCNC(=NCC(O)COCC1CC1)NC1CCN(c2cc(Cl)ccc2OC)C1. The molecule has 29 heavy (non-hydrogen) atoms. The lowest BCUT2D eigenvalue weighted by Crippen LogP contribution is -2.45. The molecule has 2 aliphatic rings. The molecule has 1 aromatic rings. The maximum atomic E-state index is 10.1. The van der Waals surface area contributed by atoms with Crippen molar-refractivity contribution < 1.29 is 14.6 Å². The molecule has 1 saturated carbocycles. The molecule has 0 amide bonds. The van der Waals surface area contributed by atoms with E-state index in [0.717, 1.165) is 50.1 Å². The Morgan fingerprint density at radius 3 is 2.93 bits per heavy atom. The highest BCUT2D eigenvalue weighted by atomic mass is 35.5. The third-order valence-electron chi connectivity index (χ3n) is 5.18. The second-order valence-corrected chi connectivity index (χ2v) is 8.18. The van der Waals surface area contributed by atoms with E-state index < -0.39 is 6.10 Å².